The summed E-state index contributed by atoms with van der Waals surface area (Å²) in [7, 11) is 0. The molecule has 146 valence electrons. The molecule has 0 atom stereocenters. The van der Waals surface area contributed by atoms with Crippen LogP contribution in [0.25, 0.3) is 0 Å². The van der Waals surface area contributed by atoms with Crippen LogP contribution < -0.4 is 16.4 Å². The van der Waals surface area contributed by atoms with Gasteiger partial charge in [0, 0.05) is 19.4 Å². The first-order chi connectivity index (χ1) is 12.1. The largest absolute Gasteiger partial charge is 0.481 e. The maximum absolute atomic E-state index is 11.6. The van der Waals surface area contributed by atoms with Gasteiger partial charge in [0.2, 0.25) is 11.8 Å². The predicted molar refractivity (Wildman–Crippen MR) is 98.1 cm³/mol. The molecule has 7 heteroatoms. The molecule has 0 heterocycles. The van der Waals surface area contributed by atoms with Gasteiger partial charge in [0.05, 0.1) is 6.54 Å². The minimum absolute atomic E-state index is 0.0395. The van der Waals surface area contributed by atoms with Crippen LogP contribution in [0.4, 0.5) is 0 Å². The topological polar surface area (TPSA) is 122 Å². The van der Waals surface area contributed by atoms with E-state index in [1.165, 1.54) is 0 Å². The van der Waals surface area contributed by atoms with E-state index in [2.05, 4.69) is 10.6 Å². The summed E-state index contributed by atoms with van der Waals surface area (Å²) in [6.45, 7) is 1.26. The van der Waals surface area contributed by atoms with Crippen molar-refractivity contribution < 1.29 is 19.5 Å². The molecule has 0 fully saturated rings. The number of aliphatic carboxylic acids is 1. The number of carboxylic acids is 1. The summed E-state index contributed by atoms with van der Waals surface area (Å²) in [5.74, 6) is -0.967. The third kappa shape index (κ3) is 18.5. The lowest BCUT2D eigenvalue weighted by Crippen LogP contribution is -2.37. The molecule has 0 aliphatic carbocycles. The van der Waals surface area contributed by atoms with Gasteiger partial charge in [-0.25, -0.2) is 0 Å². The quantitative estimate of drug-likeness (QED) is 0.296. The second kappa shape index (κ2) is 17.2. The number of rotatable bonds is 17. The first kappa shape index (κ1) is 23.4. The van der Waals surface area contributed by atoms with Crippen LogP contribution in [0.5, 0.6) is 0 Å². The highest BCUT2D eigenvalue weighted by Crippen LogP contribution is 2.09. The van der Waals surface area contributed by atoms with Crippen LogP contribution in [0, 0.1) is 0 Å². The zero-order valence-corrected chi connectivity index (χ0v) is 15.4. The molecular weight excluding hydrogens is 322 g/mol. The summed E-state index contributed by atoms with van der Waals surface area (Å²) in [6, 6.07) is 0. The van der Waals surface area contributed by atoms with Crippen LogP contribution in [0.15, 0.2) is 0 Å². The molecule has 0 saturated carbocycles. The fourth-order valence-electron chi connectivity index (χ4n) is 2.45. The van der Waals surface area contributed by atoms with Gasteiger partial charge in [-0.1, -0.05) is 38.5 Å². The summed E-state index contributed by atoms with van der Waals surface area (Å²) in [5, 5.41) is 13.9. The van der Waals surface area contributed by atoms with Gasteiger partial charge < -0.3 is 21.5 Å². The molecular formula is C18H35N3O4. The molecule has 0 aromatic rings. The zero-order chi connectivity index (χ0) is 18.8. The van der Waals surface area contributed by atoms with Crippen molar-refractivity contribution in [3.63, 3.8) is 0 Å². The molecule has 0 radical (unpaired) electrons. The van der Waals surface area contributed by atoms with E-state index in [-0.39, 0.29) is 24.8 Å². The first-order valence-electron chi connectivity index (χ1n) is 9.51. The van der Waals surface area contributed by atoms with E-state index in [1.54, 1.807) is 0 Å². The van der Waals surface area contributed by atoms with Crippen LogP contribution >= 0.6 is 0 Å². The summed E-state index contributed by atoms with van der Waals surface area (Å²) < 4.78 is 0. The molecule has 2 amide bonds. The van der Waals surface area contributed by atoms with Gasteiger partial charge in [-0.05, 0) is 32.2 Å². The van der Waals surface area contributed by atoms with Crippen LogP contribution in [0.1, 0.15) is 77.0 Å². The number of nitrogens with two attached hydrogens (primary N) is 1. The van der Waals surface area contributed by atoms with E-state index in [9.17, 15) is 14.4 Å². The van der Waals surface area contributed by atoms with E-state index < -0.39 is 5.97 Å². The Morgan fingerprint density at radius 1 is 0.680 bits per heavy atom. The van der Waals surface area contributed by atoms with E-state index in [4.69, 9.17) is 10.8 Å². The van der Waals surface area contributed by atoms with Crippen molar-refractivity contribution in [3.8, 4) is 0 Å². The molecule has 0 aliphatic heterocycles. The minimum atomic E-state index is -0.715. The van der Waals surface area contributed by atoms with Crippen LogP contribution in [-0.2, 0) is 14.4 Å². The summed E-state index contributed by atoms with van der Waals surface area (Å²) in [6.07, 6.45) is 10.5. The Morgan fingerprint density at radius 3 is 1.84 bits per heavy atom. The van der Waals surface area contributed by atoms with Crippen molar-refractivity contribution in [3.05, 3.63) is 0 Å². The highest BCUT2D eigenvalue weighted by Gasteiger charge is 2.04. The lowest BCUT2D eigenvalue weighted by molar-refractivity contribution is -0.137. The fraction of sp³-hybridized carbons (Fsp3) is 0.833. The molecule has 0 aromatic carbocycles. The molecule has 0 aromatic heterocycles. The SMILES string of the molecule is NCCCCC(=O)NCC(=O)NCCCCCCCCCCC(=O)O. The number of hydrogen-bond acceptors (Lipinski definition) is 4. The van der Waals surface area contributed by atoms with Crippen molar-refractivity contribution >= 4 is 17.8 Å². The Labute approximate surface area is 151 Å². The van der Waals surface area contributed by atoms with E-state index in [0.717, 1.165) is 64.2 Å². The molecule has 0 aliphatic rings. The van der Waals surface area contributed by atoms with E-state index in [1.807, 2.05) is 0 Å². The Balaban J connectivity index is 3.29. The van der Waals surface area contributed by atoms with Crippen molar-refractivity contribution in [2.24, 2.45) is 5.73 Å². The van der Waals surface area contributed by atoms with Gasteiger partial charge >= 0.3 is 5.97 Å². The monoisotopic (exact) mass is 357 g/mol. The van der Waals surface area contributed by atoms with Crippen molar-refractivity contribution in [1.29, 1.82) is 0 Å². The van der Waals surface area contributed by atoms with Crippen molar-refractivity contribution in [2.75, 3.05) is 19.6 Å². The lowest BCUT2D eigenvalue weighted by atomic mass is 10.1. The van der Waals surface area contributed by atoms with Gasteiger partial charge in [-0.3, -0.25) is 14.4 Å². The lowest BCUT2D eigenvalue weighted by Gasteiger charge is -2.07. The predicted octanol–water partition coefficient (Wildman–Crippen LogP) is 1.94. The highest BCUT2D eigenvalue weighted by atomic mass is 16.4. The molecule has 7 nitrogen and oxygen atoms in total. The maximum Gasteiger partial charge on any atom is 0.303 e. The number of carbonyl (C=O) groups excluding carboxylic acids is 2. The smallest absolute Gasteiger partial charge is 0.303 e. The van der Waals surface area contributed by atoms with Crippen LogP contribution in [0.3, 0.4) is 0 Å². The second-order valence-electron chi connectivity index (χ2n) is 6.34. The highest BCUT2D eigenvalue weighted by molar-refractivity contribution is 5.84. The molecule has 0 saturated heterocycles. The molecule has 0 unspecified atom stereocenters. The average Bonchev–Trinajstić information content (AvgIpc) is 2.57. The number of amides is 2. The molecule has 0 bridgehead atoms. The van der Waals surface area contributed by atoms with E-state index >= 15 is 0 Å². The van der Waals surface area contributed by atoms with Crippen molar-refractivity contribution in [1.82, 2.24) is 10.6 Å². The van der Waals surface area contributed by atoms with E-state index in [0.29, 0.717) is 19.5 Å². The number of carbonyl (C=O) groups is 3. The third-order valence-electron chi connectivity index (χ3n) is 3.94. The Kier molecular flexibility index (Phi) is 16.1. The van der Waals surface area contributed by atoms with Gasteiger partial charge in [0.15, 0.2) is 0 Å². The van der Waals surface area contributed by atoms with Gasteiger partial charge in [0.25, 0.3) is 0 Å². The normalized spacial score (nSPS) is 10.4. The second-order valence-corrected chi connectivity index (χ2v) is 6.34. The molecule has 25 heavy (non-hydrogen) atoms. The zero-order valence-electron chi connectivity index (χ0n) is 15.4. The standard InChI is InChI=1S/C18H35N3O4/c19-13-9-8-11-16(22)21-15-17(23)20-14-10-6-4-2-1-3-5-7-12-18(24)25/h1-15,19H2,(H,20,23)(H,21,22)(H,24,25). The Bertz CT molecular complexity index is 375. The number of carboxylic acid groups (broad SMARTS) is 1. The third-order valence-corrected chi connectivity index (χ3v) is 3.94. The van der Waals surface area contributed by atoms with Gasteiger partial charge in [-0.2, -0.15) is 0 Å². The minimum Gasteiger partial charge on any atom is -0.481 e. The summed E-state index contributed by atoms with van der Waals surface area (Å²) >= 11 is 0. The van der Waals surface area contributed by atoms with Crippen molar-refractivity contribution in [2.45, 2.75) is 77.0 Å². The Hall–Kier alpha value is -1.63. The molecule has 0 spiro atoms. The molecule has 5 N–H and O–H groups in total. The Morgan fingerprint density at radius 2 is 1.24 bits per heavy atom. The number of nitrogens with one attached hydrogen (secondary N) is 2. The van der Waals surface area contributed by atoms with Gasteiger partial charge in [0.1, 0.15) is 0 Å². The summed E-state index contributed by atoms with van der Waals surface area (Å²) in [5.41, 5.74) is 5.36. The number of hydrogen-bond donors (Lipinski definition) is 4. The number of unbranched alkanes of at least 4 members (excludes halogenated alkanes) is 8. The van der Waals surface area contributed by atoms with Crippen LogP contribution in [0.2, 0.25) is 0 Å². The van der Waals surface area contributed by atoms with Crippen LogP contribution in [-0.4, -0.2) is 42.5 Å². The molecule has 0 rings (SSSR count). The fourth-order valence-corrected chi connectivity index (χ4v) is 2.45. The average molecular weight is 357 g/mol. The maximum atomic E-state index is 11.6. The first-order valence-corrected chi connectivity index (χ1v) is 9.51. The summed E-state index contributed by atoms with van der Waals surface area (Å²) in [4.78, 5) is 33.4. The van der Waals surface area contributed by atoms with Gasteiger partial charge in [-0.15, -0.1) is 0 Å².